The van der Waals surface area contributed by atoms with Gasteiger partial charge in [-0.3, -0.25) is 4.57 Å². The highest BCUT2D eigenvalue weighted by Crippen LogP contribution is 2.63. The van der Waals surface area contributed by atoms with Crippen molar-refractivity contribution in [1.29, 1.82) is 0 Å². The van der Waals surface area contributed by atoms with E-state index in [0.29, 0.717) is 14.9 Å². The van der Waals surface area contributed by atoms with Crippen molar-refractivity contribution in [3.05, 3.63) is 25.1 Å². The van der Waals surface area contributed by atoms with E-state index < -0.39 is 30.7 Å². The summed E-state index contributed by atoms with van der Waals surface area (Å²) in [6.07, 6.45) is -5.68. The van der Waals surface area contributed by atoms with E-state index in [2.05, 4.69) is 15.9 Å². The molecule has 0 bridgehead atoms. The van der Waals surface area contributed by atoms with Gasteiger partial charge in [-0.2, -0.15) is 22.0 Å². The Morgan fingerprint density at radius 1 is 1.23 bits per heavy atom. The lowest BCUT2D eigenvalue weighted by molar-refractivity contribution is -0.136. The fourth-order valence-electron chi connectivity index (χ4n) is 1.99. The molecule has 0 fully saturated rings. The molecule has 1 aromatic heterocycles. The second-order valence-corrected chi connectivity index (χ2v) is 9.89. The molecule has 2 rings (SSSR count). The summed E-state index contributed by atoms with van der Waals surface area (Å²) in [6.45, 7) is -0.283. The third-order valence-electron chi connectivity index (χ3n) is 3.16. The Morgan fingerprint density at radius 3 is 2.38 bits per heavy atom. The Balaban J connectivity index is 2.41. The van der Waals surface area contributed by atoms with Crippen LogP contribution in [0.4, 0.5) is 22.0 Å². The van der Waals surface area contributed by atoms with Gasteiger partial charge >= 0.3 is 19.4 Å². The highest BCUT2D eigenvalue weighted by Gasteiger charge is 2.53. The maximum absolute atomic E-state index is 14.1. The molecule has 0 aliphatic rings. The predicted octanol–water partition coefficient (Wildman–Crippen LogP) is 6.22. The zero-order valence-corrected chi connectivity index (χ0v) is 17.9. The number of thiophene rings is 1. The minimum absolute atomic E-state index is 0.0764. The Bertz CT molecular complexity index is 866. The molecule has 26 heavy (non-hydrogen) atoms. The molecule has 13 heteroatoms. The molecule has 2 aromatic rings. The van der Waals surface area contributed by atoms with E-state index in [-0.39, 0.29) is 33.3 Å². The van der Waals surface area contributed by atoms with Crippen LogP contribution in [-0.4, -0.2) is 22.6 Å². The number of halogens is 7. The summed E-state index contributed by atoms with van der Waals surface area (Å²) in [5.74, 6) is 0.0764. The smallest absolute Gasteiger partial charge is 0.400 e. The summed E-state index contributed by atoms with van der Waals surface area (Å²) >= 11 is 5.23. The van der Waals surface area contributed by atoms with E-state index >= 15 is 0 Å². The molecule has 0 spiro atoms. The molecule has 0 atom stereocenters. The molecular weight excluding hydrogens is 585 g/mol. The second-order valence-electron chi connectivity index (χ2n) is 5.18. The summed E-state index contributed by atoms with van der Waals surface area (Å²) in [6, 6.07) is 2.96. The van der Waals surface area contributed by atoms with Crippen LogP contribution in [0.5, 0.6) is 5.75 Å². The van der Waals surface area contributed by atoms with E-state index in [9.17, 15) is 26.5 Å². The van der Waals surface area contributed by atoms with Gasteiger partial charge in [-0.15, -0.1) is 11.3 Å². The van der Waals surface area contributed by atoms with Crippen LogP contribution in [0.2, 0.25) is 0 Å². The van der Waals surface area contributed by atoms with E-state index in [1.807, 2.05) is 22.6 Å². The normalized spacial score (nSPS) is 13.4. The third kappa shape index (κ3) is 4.88. The van der Waals surface area contributed by atoms with Crippen LogP contribution in [0, 0.1) is 3.57 Å². The van der Waals surface area contributed by atoms with E-state index in [4.69, 9.17) is 14.5 Å². The number of fused-ring (bicyclic) bond motifs is 1. The lowest BCUT2D eigenvalue weighted by Crippen LogP contribution is -2.12. The maximum atomic E-state index is 14.1. The Hall–Kier alpha value is -0.0100. The van der Waals surface area contributed by atoms with Crippen molar-refractivity contribution in [2.45, 2.75) is 24.7 Å². The number of alkyl halides is 5. The summed E-state index contributed by atoms with van der Waals surface area (Å²) in [5.41, 5.74) is -4.41. The van der Waals surface area contributed by atoms with Crippen LogP contribution in [0.3, 0.4) is 0 Å². The zero-order valence-electron chi connectivity index (χ0n) is 12.5. The quantitative estimate of drug-likeness (QED) is 0.180. The molecule has 146 valence electrons. The van der Waals surface area contributed by atoms with Crippen molar-refractivity contribution >= 4 is 67.5 Å². The molecule has 4 nitrogen and oxygen atoms in total. The first-order valence-corrected chi connectivity index (χ1v) is 11.1. The molecule has 1 aromatic carbocycles. The third-order valence-corrected chi connectivity index (χ3v) is 7.27. The van der Waals surface area contributed by atoms with Gasteiger partial charge in [0.15, 0.2) is 0 Å². The fraction of sp³-hybridized carbons (Fsp3) is 0.385. The fourth-order valence-corrected chi connectivity index (χ4v) is 5.56. The largest absolute Gasteiger partial charge is 0.492 e. The first-order chi connectivity index (χ1) is 11.7. The predicted molar refractivity (Wildman–Crippen MR) is 99.0 cm³/mol. The molecule has 0 unspecified atom stereocenters. The summed E-state index contributed by atoms with van der Waals surface area (Å²) < 4.78 is 81.7. The summed E-state index contributed by atoms with van der Waals surface area (Å²) in [5, 5.41) is 0.232. The first-order valence-electron chi connectivity index (χ1n) is 6.79. The van der Waals surface area contributed by atoms with Gasteiger partial charge in [-0.25, -0.2) is 0 Å². The van der Waals surface area contributed by atoms with Crippen LogP contribution < -0.4 is 4.74 Å². The molecule has 0 radical (unpaired) electrons. The van der Waals surface area contributed by atoms with Gasteiger partial charge < -0.3 is 14.5 Å². The van der Waals surface area contributed by atoms with Gasteiger partial charge in [0.05, 0.1) is 11.3 Å². The Morgan fingerprint density at radius 2 is 1.85 bits per heavy atom. The standard InChI is InChI=1S/C13H10BrF5IO4PS/c14-9-7-4-6(20)5-8(24-3-1-2-12(15,16)17)10(7)26-11(9)13(18,19)25(21,22)23/h4-5H,1-3H2,(H2,21,22,23). The van der Waals surface area contributed by atoms with Crippen molar-refractivity contribution in [3.63, 3.8) is 0 Å². The number of rotatable bonds is 6. The average molecular weight is 595 g/mol. The number of benzene rings is 1. The van der Waals surface area contributed by atoms with Gasteiger partial charge in [0.1, 0.15) is 10.6 Å². The second kappa shape index (κ2) is 7.78. The number of hydrogen-bond acceptors (Lipinski definition) is 3. The van der Waals surface area contributed by atoms with Gasteiger partial charge in [0, 0.05) is 19.8 Å². The van der Waals surface area contributed by atoms with Crippen LogP contribution in [0.1, 0.15) is 17.7 Å². The molecule has 1 heterocycles. The molecule has 2 N–H and O–H groups in total. The van der Waals surface area contributed by atoms with Crippen molar-refractivity contribution in [3.8, 4) is 5.75 Å². The topological polar surface area (TPSA) is 66.8 Å². The minimum atomic E-state index is -5.77. The maximum Gasteiger partial charge on any atom is 0.400 e. The molecular formula is C13H10BrF5IO4PS. The monoisotopic (exact) mass is 594 g/mol. The highest BCUT2D eigenvalue weighted by atomic mass is 127. The molecule has 0 amide bonds. The Labute approximate surface area is 170 Å². The van der Waals surface area contributed by atoms with Crippen molar-refractivity contribution in [2.75, 3.05) is 6.61 Å². The van der Waals surface area contributed by atoms with E-state index in [0.717, 1.165) is 0 Å². The van der Waals surface area contributed by atoms with Crippen LogP contribution in [0.15, 0.2) is 16.6 Å². The lowest BCUT2D eigenvalue weighted by Gasteiger charge is -2.16. The highest BCUT2D eigenvalue weighted by molar-refractivity contribution is 14.1. The Kier molecular flexibility index (Phi) is 6.67. The van der Waals surface area contributed by atoms with Crippen LogP contribution >= 0.6 is 57.5 Å². The van der Waals surface area contributed by atoms with Gasteiger partial charge in [0.2, 0.25) is 0 Å². The van der Waals surface area contributed by atoms with E-state index in [1.165, 1.54) is 12.1 Å². The van der Waals surface area contributed by atoms with E-state index in [1.54, 1.807) is 0 Å². The van der Waals surface area contributed by atoms with Crippen LogP contribution in [-0.2, 0) is 10.2 Å². The van der Waals surface area contributed by atoms with Crippen molar-refractivity contribution < 1.29 is 41.0 Å². The number of ether oxygens (including phenoxy) is 1. The average Bonchev–Trinajstić information content (AvgIpc) is 2.79. The first kappa shape index (κ1) is 22.3. The SMILES string of the molecule is O=P(O)(O)C(F)(F)c1sc2c(OCCCC(F)(F)F)cc(I)cc2c1Br. The van der Waals surface area contributed by atoms with Crippen molar-refractivity contribution in [2.24, 2.45) is 0 Å². The number of hydrogen-bond donors (Lipinski definition) is 2. The molecule has 0 aliphatic heterocycles. The van der Waals surface area contributed by atoms with Gasteiger partial charge in [-0.05, 0) is 57.1 Å². The zero-order chi connectivity index (χ0) is 19.9. The minimum Gasteiger partial charge on any atom is -0.492 e. The summed E-state index contributed by atoms with van der Waals surface area (Å²) in [7, 11) is -5.77. The van der Waals surface area contributed by atoms with Gasteiger partial charge in [-0.1, -0.05) is 0 Å². The molecule has 0 saturated heterocycles. The van der Waals surface area contributed by atoms with Crippen molar-refractivity contribution in [1.82, 2.24) is 0 Å². The molecule has 0 aliphatic carbocycles. The van der Waals surface area contributed by atoms with Crippen LogP contribution in [0.25, 0.3) is 10.1 Å². The summed E-state index contributed by atoms with van der Waals surface area (Å²) in [4.78, 5) is 17.0. The lowest BCUT2D eigenvalue weighted by atomic mass is 10.2. The molecule has 0 saturated carbocycles. The van der Waals surface area contributed by atoms with Gasteiger partial charge in [0.25, 0.3) is 0 Å².